The molecule has 1 aromatic carbocycles. The first-order valence-electron chi connectivity index (χ1n) is 7.85. The van der Waals surface area contributed by atoms with Crippen molar-refractivity contribution in [1.82, 2.24) is 0 Å². The third-order valence-electron chi connectivity index (χ3n) is 3.84. The van der Waals surface area contributed by atoms with E-state index in [0.29, 0.717) is 13.2 Å². The smallest absolute Gasteiger partial charge is 0.186 e. The number of ether oxygens (including phenoxy) is 4. The van der Waals surface area contributed by atoms with Crippen LogP contribution < -0.4 is 0 Å². The van der Waals surface area contributed by atoms with Crippen molar-refractivity contribution in [2.45, 2.75) is 44.2 Å². The summed E-state index contributed by atoms with van der Waals surface area (Å²) in [6.07, 6.45) is -3.55. The van der Waals surface area contributed by atoms with Gasteiger partial charge in [0.25, 0.3) is 0 Å². The maximum Gasteiger partial charge on any atom is 0.186 e. The molecule has 24 heavy (non-hydrogen) atoms. The lowest BCUT2D eigenvalue weighted by Crippen LogP contribution is -2.43. The molecule has 0 unspecified atom stereocenters. The van der Waals surface area contributed by atoms with Crippen LogP contribution >= 0.6 is 0 Å². The van der Waals surface area contributed by atoms with Gasteiger partial charge in [-0.25, -0.2) is 0 Å². The Morgan fingerprint density at radius 1 is 1.33 bits per heavy atom. The van der Waals surface area contributed by atoms with Gasteiger partial charge in [-0.2, -0.15) is 0 Å². The first-order chi connectivity index (χ1) is 11.7. The molecule has 1 aliphatic heterocycles. The molecule has 5 atom stereocenters. The summed E-state index contributed by atoms with van der Waals surface area (Å²) in [6.45, 7) is 2.61. The Hall–Kier alpha value is -1.67. The van der Waals surface area contributed by atoms with Crippen molar-refractivity contribution in [3.05, 3.63) is 46.3 Å². The van der Waals surface area contributed by atoms with Gasteiger partial charge in [0.1, 0.15) is 18.3 Å². The van der Waals surface area contributed by atoms with Gasteiger partial charge in [0.2, 0.25) is 0 Å². The molecule has 132 valence electrons. The lowest BCUT2D eigenvalue weighted by Gasteiger charge is -2.26. The van der Waals surface area contributed by atoms with Crippen molar-refractivity contribution < 1.29 is 24.1 Å². The van der Waals surface area contributed by atoms with Crippen LogP contribution in [0.4, 0.5) is 0 Å². The molecule has 8 nitrogen and oxygen atoms in total. The maximum atomic E-state index is 10.5. The van der Waals surface area contributed by atoms with E-state index in [1.54, 1.807) is 0 Å². The summed E-state index contributed by atoms with van der Waals surface area (Å²) in [6, 6.07) is 9.63. The molecule has 1 saturated heterocycles. The molecule has 0 aliphatic carbocycles. The number of aliphatic hydroxyl groups is 1. The molecule has 1 heterocycles. The predicted molar refractivity (Wildman–Crippen MR) is 86.1 cm³/mol. The van der Waals surface area contributed by atoms with Crippen molar-refractivity contribution in [1.29, 1.82) is 0 Å². The second-order valence-electron chi connectivity index (χ2n) is 5.36. The quantitative estimate of drug-likeness (QED) is 0.421. The third kappa shape index (κ3) is 4.67. The average Bonchev–Trinajstić information content (AvgIpc) is 2.91. The Bertz CT molecular complexity index is 538. The second-order valence-corrected chi connectivity index (χ2v) is 5.36. The van der Waals surface area contributed by atoms with Gasteiger partial charge in [0.05, 0.1) is 19.3 Å². The summed E-state index contributed by atoms with van der Waals surface area (Å²) in [4.78, 5) is 2.74. The van der Waals surface area contributed by atoms with Crippen LogP contribution in [0.5, 0.6) is 0 Å². The number of rotatable bonds is 9. The number of methoxy groups -OCH3 is 1. The zero-order valence-electron chi connectivity index (χ0n) is 13.8. The normalized spacial score (nSPS) is 27.6. The van der Waals surface area contributed by atoms with Gasteiger partial charge in [-0.15, -0.1) is 0 Å². The molecule has 0 amide bonds. The van der Waals surface area contributed by atoms with Crippen LogP contribution in [0.2, 0.25) is 0 Å². The topological polar surface area (TPSA) is 106 Å². The predicted octanol–water partition coefficient (Wildman–Crippen LogP) is 2.02. The first-order valence-corrected chi connectivity index (χ1v) is 7.85. The van der Waals surface area contributed by atoms with E-state index in [4.69, 9.17) is 24.5 Å². The second kappa shape index (κ2) is 9.58. The van der Waals surface area contributed by atoms with Crippen molar-refractivity contribution in [2.75, 3.05) is 20.3 Å². The monoisotopic (exact) mass is 337 g/mol. The fraction of sp³-hybridized carbons (Fsp3) is 0.625. The standard InChI is InChI=1S/C16H23N3O5/c1-3-22-16-13(20)15(23-10-11-7-5-4-6-8-11)14(24-16)12(21-2)9-18-19-17/h4-8,12-16,20H,3,9-10H2,1-2H3/t12-,13-,14-,15-,16+/m1/s1. The Morgan fingerprint density at radius 2 is 2.08 bits per heavy atom. The molecule has 1 aliphatic rings. The summed E-state index contributed by atoms with van der Waals surface area (Å²) in [5.74, 6) is 0. The van der Waals surface area contributed by atoms with Gasteiger partial charge >= 0.3 is 0 Å². The number of hydrogen-bond donors (Lipinski definition) is 1. The van der Waals surface area contributed by atoms with Crippen molar-refractivity contribution in [3.8, 4) is 0 Å². The minimum Gasteiger partial charge on any atom is -0.385 e. The molecule has 0 radical (unpaired) electrons. The molecule has 0 aromatic heterocycles. The van der Waals surface area contributed by atoms with Crippen molar-refractivity contribution in [3.63, 3.8) is 0 Å². The molecular weight excluding hydrogens is 314 g/mol. The highest BCUT2D eigenvalue weighted by Gasteiger charge is 2.48. The molecule has 1 aromatic rings. The lowest BCUT2D eigenvalue weighted by atomic mass is 10.1. The summed E-state index contributed by atoms with van der Waals surface area (Å²) in [5.41, 5.74) is 9.50. The van der Waals surface area contributed by atoms with Crippen LogP contribution in [0.15, 0.2) is 35.4 Å². The van der Waals surface area contributed by atoms with Crippen LogP contribution in [0.3, 0.4) is 0 Å². The van der Waals surface area contributed by atoms with E-state index in [0.717, 1.165) is 5.56 Å². The molecule has 0 saturated carbocycles. The average molecular weight is 337 g/mol. The zero-order chi connectivity index (χ0) is 17.4. The zero-order valence-corrected chi connectivity index (χ0v) is 13.8. The van der Waals surface area contributed by atoms with Gasteiger partial charge in [0.15, 0.2) is 6.29 Å². The van der Waals surface area contributed by atoms with Crippen LogP contribution in [0, 0.1) is 0 Å². The van der Waals surface area contributed by atoms with Gasteiger partial charge in [0, 0.05) is 18.6 Å². The highest BCUT2D eigenvalue weighted by molar-refractivity contribution is 5.13. The molecular formula is C16H23N3O5. The minimum absolute atomic E-state index is 0.0778. The summed E-state index contributed by atoms with van der Waals surface area (Å²) >= 11 is 0. The minimum atomic E-state index is -0.956. The Labute approximate surface area is 140 Å². The van der Waals surface area contributed by atoms with Crippen LogP contribution in [0.25, 0.3) is 10.4 Å². The fourth-order valence-corrected chi connectivity index (χ4v) is 2.65. The van der Waals surface area contributed by atoms with Crippen LogP contribution in [-0.4, -0.2) is 56.1 Å². The summed E-state index contributed by atoms with van der Waals surface area (Å²) in [7, 11) is 1.50. The molecule has 0 spiro atoms. The first kappa shape index (κ1) is 18.7. The van der Waals surface area contributed by atoms with Crippen molar-refractivity contribution in [2.24, 2.45) is 5.11 Å². The van der Waals surface area contributed by atoms with Gasteiger partial charge < -0.3 is 24.1 Å². The number of hydrogen-bond acceptors (Lipinski definition) is 6. The molecule has 2 rings (SSSR count). The third-order valence-corrected chi connectivity index (χ3v) is 3.84. The number of nitrogens with zero attached hydrogens (tertiary/aromatic N) is 3. The van der Waals surface area contributed by atoms with Gasteiger partial charge in [-0.1, -0.05) is 35.4 Å². The van der Waals surface area contributed by atoms with E-state index < -0.39 is 30.7 Å². The van der Waals surface area contributed by atoms with E-state index in [1.165, 1.54) is 7.11 Å². The SMILES string of the molecule is CCO[C@H]1O[C@H]([C@@H](CN=[N+]=[N-])OC)[C@H](OCc2ccccc2)[C@H]1O. The number of benzene rings is 1. The van der Waals surface area contributed by atoms with Crippen molar-refractivity contribution >= 4 is 0 Å². The fourth-order valence-electron chi connectivity index (χ4n) is 2.65. The Kier molecular flexibility index (Phi) is 7.45. The van der Waals surface area contributed by atoms with E-state index in [1.807, 2.05) is 37.3 Å². The van der Waals surface area contributed by atoms with Gasteiger partial charge in [-0.05, 0) is 18.0 Å². The van der Waals surface area contributed by atoms with E-state index >= 15 is 0 Å². The molecule has 1 N–H and O–H groups in total. The van der Waals surface area contributed by atoms with E-state index in [2.05, 4.69) is 10.0 Å². The highest BCUT2D eigenvalue weighted by Crippen LogP contribution is 2.29. The Balaban J connectivity index is 2.09. The number of azide groups is 1. The van der Waals surface area contributed by atoms with E-state index in [-0.39, 0.29) is 6.54 Å². The maximum absolute atomic E-state index is 10.5. The molecule has 8 heteroatoms. The molecule has 1 fully saturated rings. The largest absolute Gasteiger partial charge is 0.385 e. The van der Waals surface area contributed by atoms with E-state index in [9.17, 15) is 5.11 Å². The highest BCUT2D eigenvalue weighted by atomic mass is 16.7. The van der Waals surface area contributed by atoms with Gasteiger partial charge in [-0.3, -0.25) is 0 Å². The summed E-state index contributed by atoms with van der Waals surface area (Å²) in [5, 5.41) is 14.0. The lowest BCUT2D eigenvalue weighted by molar-refractivity contribution is -0.177. The summed E-state index contributed by atoms with van der Waals surface area (Å²) < 4.78 is 22.4. The Morgan fingerprint density at radius 3 is 2.71 bits per heavy atom. The number of aliphatic hydroxyl groups excluding tert-OH is 1. The molecule has 0 bridgehead atoms. The van der Waals surface area contributed by atoms with Crippen LogP contribution in [0.1, 0.15) is 12.5 Å². The van der Waals surface area contributed by atoms with Crippen LogP contribution in [-0.2, 0) is 25.6 Å².